The van der Waals surface area contributed by atoms with Crippen molar-refractivity contribution in [1.82, 2.24) is 5.32 Å². The van der Waals surface area contributed by atoms with E-state index >= 15 is 0 Å². The Labute approximate surface area is 146 Å². The second-order valence-electron chi connectivity index (χ2n) is 5.67. The van der Waals surface area contributed by atoms with E-state index in [1.54, 1.807) is 31.4 Å². The van der Waals surface area contributed by atoms with Crippen LogP contribution in [0, 0.1) is 0 Å². The first-order valence-electron chi connectivity index (χ1n) is 8.09. The van der Waals surface area contributed by atoms with Crippen molar-refractivity contribution in [3.63, 3.8) is 0 Å². The molecule has 0 aliphatic carbocycles. The van der Waals surface area contributed by atoms with Gasteiger partial charge in [0.1, 0.15) is 12.4 Å². The lowest BCUT2D eigenvalue weighted by molar-refractivity contribution is 0.0697. The highest BCUT2D eigenvalue weighted by atomic mass is 16.5. The minimum absolute atomic E-state index is 0.256. The minimum atomic E-state index is -0.941. The summed E-state index contributed by atoms with van der Waals surface area (Å²) in [5.41, 5.74) is 2.11. The van der Waals surface area contributed by atoms with Crippen molar-refractivity contribution in [2.24, 2.45) is 4.99 Å². The highest BCUT2D eigenvalue weighted by Crippen LogP contribution is 2.29. The molecule has 25 heavy (non-hydrogen) atoms. The predicted molar refractivity (Wildman–Crippen MR) is 94.8 cm³/mol. The molecule has 1 aliphatic rings. The van der Waals surface area contributed by atoms with Gasteiger partial charge in [0.15, 0.2) is 11.5 Å². The lowest BCUT2D eigenvalue weighted by atomic mass is 10.1. The Bertz CT molecular complexity index is 785. The number of benzene rings is 2. The Morgan fingerprint density at radius 3 is 2.64 bits per heavy atom. The largest absolute Gasteiger partial charge is 0.493 e. The standard InChI is InChI=1S/C19H20N2O4/c1-24-17-11-15(18-20-9-2-10-21-18)7-8-16(17)25-12-13-3-5-14(6-4-13)19(22)23/h3-8,11H,2,9-10,12H2,1H3,(H,20,21)(H,22,23). The third kappa shape index (κ3) is 4.09. The molecule has 0 spiro atoms. The van der Waals surface area contributed by atoms with Crippen LogP contribution in [-0.4, -0.2) is 37.1 Å². The Morgan fingerprint density at radius 2 is 2.00 bits per heavy atom. The van der Waals surface area contributed by atoms with Crippen molar-refractivity contribution in [2.45, 2.75) is 13.0 Å². The highest BCUT2D eigenvalue weighted by molar-refractivity contribution is 5.99. The van der Waals surface area contributed by atoms with Crippen LogP contribution in [0.25, 0.3) is 0 Å². The molecule has 1 heterocycles. The second-order valence-corrected chi connectivity index (χ2v) is 5.67. The number of rotatable bonds is 6. The van der Waals surface area contributed by atoms with Crippen molar-refractivity contribution in [3.8, 4) is 11.5 Å². The Balaban J connectivity index is 1.71. The molecule has 130 valence electrons. The summed E-state index contributed by atoms with van der Waals surface area (Å²) >= 11 is 0. The fraction of sp³-hybridized carbons (Fsp3) is 0.263. The molecule has 6 nitrogen and oxygen atoms in total. The van der Waals surface area contributed by atoms with Gasteiger partial charge < -0.3 is 19.9 Å². The average molecular weight is 340 g/mol. The molecule has 0 amide bonds. The van der Waals surface area contributed by atoms with E-state index in [1.807, 2.05) is 18.2 Å². The van der Waals surface area contributed by atoms with Crippen LogP contribution in [0.1, 0.15) is 27.9 Å². The number of carbonyl (C=O) groups is 1. The molecule has 1 aliphatic heterocycles. The van der Waals surface area contributed by atoms with Crippen LogP contribution in [0.15, 0.2) is 47.5 Å². The zero-order valence-electron chi connectivity index (χ0n) is 14.0. The summed E-state index contributed by atoms with van der Waals surface area (Å²) in [6, 6.07) is 12.3. The summed E-state index contributed by atoms with van der Waals surface area (Å²) in [5, 5.41) is 12.2. The number of hydrogen-bond donors (Lipinski definition) is 2. The zero-order chi connectivity index (χ0) is 17.6. The van der Waals surface area contributed by atoms with Gasteiger partial charge in [0.05, 0.1) is 12.7 Å². The van der Waals surface area contributed by atoms with Crippen LogP contribution < -0.4 is 14.8 Å². The van der Waals surface area contributed by atoms with Crippen LogP contribution in [0.3, 0.4) is 0 Å². The lowest BCUT2D eigenvalue weighted by Crippen LogP contribution is -2.30. The topological polar surface area (TPSA) is 80.1 Å². The summed E-state index contributed by atoms with van der Waals surface area (Å²) in [4.78, 5) is 15.4. The molecule has 0 aromatic heterocycles. The molecule has 0 bridgehead atoms. The highest BCUT2D eigenvalue weighted by Gasteiger charge is 2.12. The fourth-order valence-corrected chi connectivity index (χ4v) is 2.56. The zero-order valence-corrected chi connectivity index (χ0v) is 14.0. The first-order chi connectivity index (χ1) is 12.2. The van der Waals surface area contributed by atoms with Crippen LogP contribution in [0.5, 0.6) is 11.5 Å². The molecular weight excluding hydrogens is 320 g/mol. The number of amidine groups is 1. The van der Waals surface area contributed by atoms with Crippen molar-refractivity contribution in [3.05, 3.63) is 59.2 Å². The molecule has 0 atom stereocenters. The maximum atomic E-state index is 10.9. The Kier molecular flexibility index (Phi) is 5.18. The van der Waals surface area contributed by atoms with Gasteiger partial charge in [-0.2, -0.15) is 0 Å². The van der Waals surface area contributed by atoms with E-state index in [9.17, 15) is 4.79 Å². The molecule has 2 aromatic rings. The molecule has 0 fully saturated rings. The maximum absolute atomic E-state index is 10.9. The number of nitrogens with one attached hydrogen (secondary N) is 1. The third-order valence-corrected chi connectivity index (χ3v) is 3.93. The first kappa shape index (κ1) is 16.8. The van der Waals surface area contributed by atoms with Crippen molar-refractivity contribution in [1.29, 1.82) is 0 Å². The van der Waals surface area contributed by atoms with Crippen molar-refractivity contribution < 1.29 is 19.4 Å². The van der Waals surface area contributed by atoms with Gasteiger partial charge >= 0.3 is 5.97 Å². The summed E-state index contributed by atoms with van der Waals surface area (Å²) in [6.07, 6.45) is 1.04. The molecule has 2 N–H and O–H groups in total. The number of carboxylic acid groups (broad SMARTS) is 1. The summed E-state index contributed by atoms with van der Waals surface area (Å²) in [5.74, 6) is 1.20. The van der Waals surface area contributed by atoms with E-state index in [2.05, 4.69) is 10.3 Å². The average Bonchev–Trinajstić information content (AvgIpc) is 2.67. The van der Waals surface area contributed by atoms with E-state index in [4.69, 9.17) is 14.6 Å². The normalized spacial score (nSPS) is 13.6. The number of nitrogens with zero attached hydrogens (tertiary/aromatic N) is 1. The maximum Gasteiger partial charge on any atom is 0.335 e. The van der Waals surface area contributed by atoms with Crippen molar-refractivity contribution in [2.75, 3.05) is 20.2 Å². The number of methoxy groups -OCH3 is 1. The third-order valence-electron chi connectivity index (χ3n) is 3.93. The van der Waals surface area contributed by atoms with Gasteiger partial charge in [0.2, 0.25) is 0 Å². The smallest absolute Gasteiger partial charge is 0.335 e. The molecule has 0 saturated carbocycles. The Morgan fingerprint density at radius 1 is 1.20 bits per heavy atom. The van der Waals surface area contributed by atoms with Crippen LogP contribution in [-0.2, 0) is 6.61 Å². The monoisotopic (exact) mass is 340 g/mol. The van der Waals surface area contributed by atoms with E-state index in [0.717, 1.165) is 36.5 Å². The lowest BCUT2D eigenvalue weighted by Gasteiger charge is -2.17. The minimum Gasteiger partial charge on any atom is -0.493 e. The number of carboxylic acids is 1. The number of aromatic carboxylic acids is 1. The van der Waals surface area contributed by atoms with E-state index in [-0.39, 0.29) is 5.56 Å². The van der Waals surface area contributed by atoms with Gasteiger partial charge in [0, 0.05) is 18.7 Å². The Hall–Kier alpha value is -3.02. The van der Waals surface area contributed by atoms with Gasteiger partial charge in [-0.25, -0.2) is 4.79 Å². The van der Waals surface area contributed by atoms with E-state index in [1.165, 1.54) is 0 Å². The van der Waals surface area contributed by atoms with E-state index < -0.39 is 5.97 Å². The molecule has 2 aromatic carbocycles. The molecule has 3 rings (SSSR count). The summed E-state index contributed by atoms with van der Waals surface area (Å²) in [7, 11) is 1.60. The number of ether oxygens (including phenoxy) is 2. The quantitative estimate of drug-likeness (QED) is 0.845. The molecule has 0 saturated heterocycles. The molecular formula is C19H20N2O4. The van der Waals surface area contributed by atoms with Gasteiger partial charge in [-0.3, -0.25) is 4.99 Å². The van der Waals surface area contributed by atoms with Crippen LogP contribution in [0.4, 0.5) is 0 Å². The van der Waals surface area contributed by atoms with Crippen molar-refractivity contribution >= 4 is 11.8 Å². The summed E-state index contributed by atoms with van der Waals surface area (Å²) < 4.78 is 11.3. The van der Waals surface area contributed by atoms with Gasteiger partial charge in [-0.1, -0.05) is 12.1 Å². The van der Waals surface area contributed by atoms with Gasteiger partial charge in [-0.15, -0.1) is 0 Å². The predicted octanol–water partition coefficient (Wildman–Crippen LogP) is 2.71. The molecule has 0 unspecified atom stereocenters. The number of aliphatic imine (C=N–C) groups is 1. The SMILES string of the molecule is COc1cc(C2=NCCCN2)ccc1OCc1ccc(C(=O)O)cc1. The second kappa shape index (κ2) is 7.70. The van der Waals surface area contributed by atoms with E-state index in [0.29, 0.717) is 18.1 Å². The van der Waals surface area contributed by atoms with Crippen LogP contribution in [0.2, 0.25) is 0 Å². The number of hydrogen-bond acceptors (Lipinski definition) is 5. The molecule has 6 heteroatoms. The van der Waals surface area contributed by atoms with Gasteiger partial charge in [-0.05, 0) is 42.3 Å². The van der Waals surface area contributed by atoms with Crippen LogP contribution >= 0.6 is 0 Å². The summed E-state index contributed by atoms with van der Waals surface area (Å²) in [6.45, 7) is 2.08. The molecule has 0 radical (unpaired) electrons. The van der Waals surface area contributed by atoms with Gasteiger partial charge in [0.25, 0.3) is 0 Å². The fourth-order valence-electron chi connectivity index (χ4n) is 2.56. The first-order valence-corrected chi connectivity index (χ1v) is 8.09.